The molecule has 0 aliphatic heterocycles. The fourth-order valence-corrected chi connectivity index (χ4v) is 3.20. The van der Waals surface area contributed by atoms with Crippen LogP contribution in [-0.4, -0.2) is 23.7 Å². The molecule has 1 atom stereocenters. The molecule has 2 rings (SSSR count). The normalized spacial score (nSPS) is 11.8. The maximum atomic E-state index is 12.2. The summed E-state index contributed by atoms with van der Waals surface area (Å²) in [5.41, 5.74) is 1.18. The van der Waals surface area contributed by atoms with Crippen LogP contribution < -0.4 is 5.32 Å². The SMILES string of the molecule is CCOC(=O)c1csc(C(CC(C)C)NC(=O)OCc2ccccc2)n1. The van der Waals surface area contributed by atoms with Crippen LogP contribution in [0.5, 0.6) is 0 Å². The van der Waals surface area contributed by atoms with Crippen molar-refractivity contribution in [3.05, 3.63) is 52.0 Å². The van der Waals surface area contributed by atoms with Gasteiger partial charge in [-0.1, -0.05) is 44.2 Å². The molecule has 0 aliphatic rings. The largest absolute Gasteiger partial charge is 0.461 e. The van der Waals surface area contributed by atoms with Gasteiger partial charge in [-0.2, -0.15) is 0 Å². The van der Waals surface area contributed by atoms with Crippen molar-refractivity contribution in [1.82, 2.24) is 10.3 Å². The zero-order valence-electron chi connectivity index (χ0n) is 15.2. The van der Waals surface area contributed by atoms with Crippen molar-refractivity contribution in [1.29, 1.82) is 0 Å². The molecule has 140 valence electrons. The van der Waals surface area contributed by atoms with E-state index in [1.54, 1.807) is 12.3 Å². The van der Waals surface area contributed by atoms with E-state index in [4.69, 9.17) is 9.47 Å². The maximum absolute atomic E-state index is 12.2. The Kier molecular flexibility index (Phi) is 7.59. The molecule has 0 fully saturated rings. The number of nitrogens with zero attached hydrogens (tertiary/aromatic N) is 1. The summed E-state index contributed by atoms with van der Waals surface area (Å²) in [6, 6.07) is 9.17. The number of hydrogen-bond acceptors (Lipinski definition) is 6. The van der Waals surface area contributed by atoms with Gasteiger partial charge in [0.25, 0.3) is 0 Å². The summed E-state index contributed by atoms with van der Waals surface area (Å²) in [5, 5.41) is 5.17. The molecule has 26 heavy (non-hydrogen) atoms. The van der Waals surface area contributed by atoms with Gasteiger partial charge in [-0.05, 0) is 24.8 Å². The van der Waals surface area contributed by atoms with E-state index in [2.05, 4.69) is 24.1 Å². The third-order valence-corrected chi connectivity index (χ3v) is 4.47. The first-order valence-electron chi connectivity index (χ1n) is 8.59. The minimum absolute atomic E-state index is 0.201. The molecule has 0 saturated heterocycles. The van der Waals surface area contributed by atoms with E-state index in [-0.39, 0.29) is 18.3 Å². The molecule has 6 nitrogen and oxygen atoms in total. The van der Waals surface area contributed by atoms with Crippen LogP contribution in [0.3, 0.4) is 0 Å². The first kappa shape index (κ1) is 19.9. The van der Waals surface area contributed by atoms with E-state index in [9.17, 15) is 9.59 Å². The molecule has 0 aliphatic carbocycles. The Balaban J connectivity index is 2.00. The number of alkyl carbamates (subject to hydrolysis) is 1. The molecule has 0 saturated carbocycles. The first-order valence-corrected chi connectivity index (χ1v) is 9.47. The average molecular weight is 376 g/mol. The van der Waals surface area contributed by atoms with Gasteiger partial charge in [-0.15, -0.1) is 11.3 Å². The van der Waals surface area contributed by atoms with Gasteiger partial charge in [0.1, 0.15) is 11.6 Å². The van der Waals surface area contributed by atoms with Crippen molar-refractivity contribution in [2.75, 3.05) is 6.61 Å². The summed E-state index contributed by atoms with van der Waals surface area (Å²) in [5.74, 6) is -0.116. The average Bonchev–Trinajstić information content (AvgIpc) is 3.10. The Morgan fingerprint density at radius 1 is 1.19 bits per heavy atom. The third kappa shape index (κ3) is 6.15. The van der Waals surface area contributed by atoms with Crippen molar-refractivity contribution in [2.24, 2.45) is 5.92 Å². The van der Waals surface area contributed by atoms with Crippen molar-refractivity contribution in [2.45, 2.75) is 39.8 Å². The fourth-order valence-electron chi connectivity index (χ4n) is 2.35. The van der Waals surface area contributed by atoms with Gasteiger partial charge >= 0.3 is 12.1 Å². The summed E-state index contributed by atoms with van der Waals surface area (Å²) >= 11 is 1.33. The predicted molar refractivity (Wildman–Crippen MR) is 100 cm³/mol. The lowest BCUT2D eigenvalue weighted by atomic mass is 10.0. The first-order chi connectivity index (χ1) is 12.5. The highest BCUT2D eigenvalue weighted by atomic mass is 32.1. The molecule has 1 N–H and O–H groups in total. The lowest BCUT2D eigenvalue weighted by Gasteiger charge is -2.18. The molecule has 1 heterocycles. The topological polar surface area (TPSA) is 77.5 Å². The fraction of sp³-hybridized carbons (Fsp3) is 0.421. The minimum Gasteiger partial charge on any atom is -0.461 e. The number of carbonyl (C=O) groups is 2. The smallest absolute Gasteiger partial charge is 0.408 e. The van der Waals surface area contributed by atoms with Crippen LogP contribution in [0.15, 0.2) is 35.7 Å². The van der Waals surface area contributed by atoms with Gasteiger partial charge in [0.15, 0.2) is 5.69 Å². The van der Waals surface area contributed by atoms with E-state index in [0.717, 1.165) is 5.56 Å². The van der Waals surface area contributed by atoms with Crippen LogP contribution in [0, 0.1) is 5.92 Å². The van der Waals surface area contributed by atoms with Crippen molar-refractivity contribution in [3.8, 4) is 0 Å². The van der Waals surface area contributed by atoms with Gasteiger partial charge in [0.05, 0.1) is 12.6 Å². The second kappa shape index (κ2) is 9.91. The molecule has 2 aromatic rings. The van der Waals surface area contributed by atoms with Crippen molar-refractivity contribution >= 4 is 23.4 Å². The van der Waals surface area contributed by atoms with Gasteiger partial charge < -0.3 is 14.8 Å². The van der Waals surface area contributed by atoms with Crippen LogP contribution in [0.1, 0.15) is 54.3 Å². The van der Waals surface area contributed by atoms with Gasteiger partial charge in [0, 0.05) is 5.38 Å². The molecule has 1 aromatic carbocycles. The van der Waals surface area contributed by atoms with Crippen LogP contribution in [-0.2, 0) is 16.1 Å². The number of ether oxygens (including phenoxy) is 2. The number of esters is 1. The standard InChI is InChI=1S/C19H24N2O4S/c1-4-24-18(22)16-12-26-17(20-16)15(10-13(2)3)21-19(23)25-11-14-8-6-5-7-9-14/h5-9,12-13,15H,4,10-11H2,1-3H3,(H,21,23). The van der Waals surface area contributed by atoms with Gasteiger partial charge in [0.2, 0.25) is 0 Å². The lowest BCUT2D eigenvalue weighted by Crippen LogP contribution is -2.30. The number of benzene rings is 1. The van der Waals surface area contributed by atoms with Crippen LogP contribution >= 0.6 is 11.3 Å². The molecule has 0 radical (unpaired) electrons. The van der Waals surface area contributed by atoms with E-state index >= 15 is 0 Å². The van der Waals surface area contributed by atoms with Crippen molar-refractivity contribution < 1.29 is 19.1 Å². The third-order valence-electron chi connectivity index (χ3n) is 3.52. The van der Waals surface area contributed by atoms with E-state index in [1.807, 2.05) is 30.3 Å². The Hall–Kier alpha value is -2.41. The quantitative estimate of drug-likeness (QED) is 0.694. The number of amides is 1. The summed E-state index contributed by atoms with van der Waals surface area (Å²) < 4.78 is 10.3. The Bertz CT molecular complexity index is 715. The van der Waals surface area contributed by atoms with Gasteiger partial charge in [-0.25, -0.2) is 14.6 Å². The number of hydrogen-bond donors (Lipinski definition) is 1. The molecule has 7 heteroatoms. The summed E-state index contributed by atoms with van der Waals surface area (Å²) in [4.78, 5) is 28.3. The highest BCUT2D eigenvalue weighted by molar-refractivity contribution is 7.09. The van der Waals surface area contributed by atoms with E-state index < -0.39 is 12.1 Å². The predicted octanol–water partition coefficient (Wildman–Crippen LogP) is 4.33. The molecule has 1 amide bonds. The van der Waals surface area contributed by atoms with Crippen LogP contribution in [0.25, 0.3) is 0 Å². The van der Waals surface area contributed by atoms with E-state index in [0.29, 0.717) is 24.0 Å². The minimum atomic E-state index is -0.507. The number of aromatic nitrogens is 1. The maximum Gasteiger partial charge on any atom is 0.408 e. The van der Waals surface area contributed by atoms with Crippen molar-refractivity contribution in [3.63, 3.8) is 0 Å². The Morgan fingerprint density at radius 3 is 2.58 bits per heavy atom. The lowest BCUT2D eigenvalue weighted by molar-refractivity contribution is 0.0520. The van der Waals surface area contributed by atoms with E-state index in [1.165, 1.54) is 11.3 Å². The number of nitrogens with one attached hydrogen (secondary N) is 1. The van der Waals surface area contributed by atoms with Gasteiger partial charge in [-0.3, -0.25) is 0 Å². The zero-order chi connectivity index (χ0) is 18.9. The molecular formula is C19H24N2O4S. The summed E-state index contributed by atoms with van der Waals surface area (Å²) in [6.07, 6.45) is 0.184. The van der Waals surface area contributed by atoms with Crippen LogP contribution in [0.4, 0.5) is 4.79 Å². The highest BCUT2D eigenvalue weighted by Gasteiger charge is 2.22. The summed E-state index contributed by atoms with van der Waals surface area (Å²) in [6.45, 7) is 6.36. The molecule has 0 bridgehead atoms. The zero-order valence-corrected chi connectivity index (χ0v) is 16.0. The molecule has 1 unspecified atom stereocenters. The highest BCUT2D eigenvalue weighted by Crippen LogP contribution is 2.25. The second-order valence-corrected chi connectivity index (χ2v) is 7.07. The Labute approximate surface area is 157 Å². The number of thiazole rings is 1. The monoisotopic (exact) mass is 376 g/mol. The number of rotatable bonds is 8. The molecule has 0 spiro atoms. The second-order valence-electron chi connectivity index (χ2n) is 6.18. The molecular weight excluding hydrogens is 352 g/mol. The Morgan fingerprint density at radius 2 is 1.92 bits per heavy atom. The number of carbonyl (C=O) groups excluding carboxylic acids is 2. The summed E-state index contributed by atoms with van der Waals surface area (Å²) in [7, 11) is 0. The molecule has 1 aromatic heterocycles. The van der Waals surface area contributed by atoms with Crippen LogP contribution in [0.2, 0.25) is 0 Å².